The van der Waals surface area contributed by atoms with E-state index in [-0.39, 0.29) is 12.5 Å². The van der Waals surface area contributed by atoms with Gasteiger partial charge in [0.15, 0.2) is 0 Å². The molecule has 6 heteroatoms. The molecule has 0 saturated carbocycles. The second kappa shape index (κ2) is 9.67. The SMILES string of the molecule is CC1(Cc2cccc(Cl)c2)Cc2cc(C(=O)N(CCc3ccccc3)CC(=O)O)ccc2O1. The van der Waals surface area contributed by atoms with Gasteiger partial charge in [-0.1, -0.05) is 54.1 Å². The van der Waals surface area contributed by atoms with Crippen LogP contribution < -0.4 is 4.74 Å². The lowest BCUT2D eigenvalue weighted by atomic mass is 9.91. The highest BCUT2D eigenvalue weighted by molar-refractivity contribution is 6.30. The number of rotatable bonds is 8. The summed E-state index contributed by atoms with van der Waals surface area (Å²) in [7, 11) is 0. The average molecular weight is 464 g/mol. The molecular weight excluding hydrogens is 438 g/mol. The number of carbonyl (C=O) groups excluding carboxylic acids is 1. The predicted octanol–water partition coefficient (Wildman–Crippen LogP) is 5.05. The number of aliphatic carboxylic acids is 1. The Balaban J connectivity index is 1.49. The molecule has 0 fully saturated rings. The lowest BCUT2D eigenvalue weighted by molar-refractivity contribution is -0.137. The van der Waals surface area contributed by atoms with E-state index in [4.69, 9.17) is 16.3 Å². The van der Waals surface area contributed by atoms with Gasteiger partial charge in [-0.2, -0.15) is 0 Å². The number of nitrogens with zero attached hydrogens (tertiary/aromatic N) is 1. The molecule has 170 valence electrons. The Labute approximate surface area is 198 Å². The van der Waals surface area contributed by atoms with Crippen molar-refractivity contribution < 1.29 is 19.4 Å². The Hall–Kier alpha value is -3.31. The normalized spacial score (nSPS) is 16.7. The van der Waals surface area contributed by atoms with E-state index in [0.717, 1.165) is 22.4 Å². The molecule has 0 spiro atoms. The van der Waals surface area contributed by atoms with E-state index in [1.54, 1.807) is 6.07 Å². The van der Waals surface area contributed by atoms with E-state index < -0.39 is 11.6 Å². The molecule has 0 aliphatic carbocycles. The number of hydrogen-bond acceptors (Lipinski definition) is 3. The Bertz CT molecular complexity index is 1160. The van der Waals surface area contributed by atoms with E-state index in [1.165, 1.54) is 4.90 Å². The summed E-state index contributed by atoms with van der Waals surface area (Å²) in [5.41, 5.74) is 3.12. The topological polar surface area (TPSA) is 66.8 Å². The Morgan fingerprint density at radius 3 is 2.52 bits per heavy atom. The van der Waals surface area contributed by atoms with Crippen molar-refractivity contribution in [3.63, 3.8) is 0 Å². The highest BCUT2D eigenvalue weighted by atomic mass is 35.5. The molecular formula is C27H26ClNO4. The van der Waals surface area contributed by atoms with Gasteiger partial charge in [-0.05, 0) is 60.4 Å². The van der Waals surface area contributed by atoms with Crippen LogP contribution in [0.4, 0.5) is 0 Å². The van der Waals surface area contributed by atoms with Gasteiger partial charge in [-0.25, -0.2) is 0 Å². The maximum absolute atomic E-state index is 13.2. The van der Waals surface area contributed by atoms with Crippen molar-refractivity contribution in [3.05, 3.63) is 100 Å². The summed E-state index contributed by atoms with van der Waals surface area (Å²) < 4.78 is 6.24. The standard InChI is InChI=1S/C27H26ClNO4/c1-27(16-20-8-5-9-23(28)14-20)17-22-15-21(10-11-24(22)33-27)26(32)29(18-25(30)31)13-12-19-6-3-2-4-7-19/h2-11,14-15H,12-13,16-18H2,1H3,(H,30,31). The van der Waals surface area contributed by atoms with Gasteiger partial charge in [0.05, 0.1) is 0 Å². The molecule has 33 heavy (non-hydrogen) atoms. The Morgan fingerprint density at radius 2 is 1.79 bits per heavy atom. The van der Waals surface area contributed by atoms with Gasteiger partial charge in [0, 0.05) is 30.0 Å². The zero-order chi connectivity index (χ0) is 23.4. The lowest BCUT2D eigenvalue weighted by Gasteiger charge is -2.24. The van der Waals surface area contributed by atoms with Crippen molar-refractivity contribution in [2.45, 2.75) is 31.8 Å². The zero-order valence-corrected chi connectivity index (χ0v) is 19.2. The molecule has 3 aromatic rings. The summed E-state index contributed by atoms with van der Waals surface area (Å²) in [6, 6.07) is 22.8. The molecule has 1 unspecified atom stereocenters. The van der Waals surface area contributed by atoms with Crippen molar-refractivity contribution in [2.75, 3.05) is 13.1 Å². The van der Waals surface area contributed by atoms with Gasteiger partial charge < -0.3 is 14.7 Å². The minimum Gasteiger partial charge on any atom is -0.487 e. The van der Waals surface area contributed by atoms with Crippen molar-refractivity contribution in [3.8, 4) is 5.75 Å². The fourth-order valence-corrected chi connectivity index (χ4v) is 4.55. The number of fused-ring (bicyclic) bond motifs is 1. The number of halogens is 1. The number of carboxylic acids is 1. The van der Waals surface area contributed by atoms with Crippen molar-refractivity contribution >= 4 is 23.5 Å². The van der Waals surface area contributed by atoms with E-state index in [1.807, 2.05) is 73.7 Å². The molecule has 0 radical (unpaired) electrons. The third-order valence-corrected chi connectivity index (χ3v) is 6.06. The van der Waals surface area contributed by atoms with Crippen molar-refractivity contribution in [1.82, 2.24) is 4.90 Å². The van der Waals surface area contributed by atoms with E-state index >= 15 is 0 Å². The quantitative estimate of drug-likeness (QED) is 0.508. The Kier molecular flexibility index (Phi) is 6.70. The number of benzene rings is 3. The minimum atomic E-state index is -1.03. The van der Waals surface area contributed by atoms with Crippen LogP contribution >= 0.6 is 11.6 Å². The zero-order valence-electron chi connectivity index (χ0n) is 18.5. The summed E-state index contributed by atoms with van der Waals surface area (Å²) in [4.78, 5) is 26.0. The molecule has 0 aromatic heterocycles. The smallest absolute Gasteiger partial charge is 0.323 e. The van der Waals surface area contributed by atoms with Gasteiger partial charge in [-0.15, -0.1) is 0 Å². The van der Waals surface area contributed by atoms with Crippen LogP contribution in [0.25, 0.3) is 0 Å². The van der Waals surface area contributed by atoms with Crippen LogP contribution in [-0.4, -0.2) is 40.6 Å². The molecule has 0 saturated heterocycles. The maximum atomic E-state index is 13.2. The molecule has 1 aliphatic rings. The molecule has 1 N–H and O–H groups in total. The van der Waals surface area contributed by atoms with Crippen LogP contribution in [-0.2, 0) is 24.1 Å². The minimum absolute atomic E-state index is 0.292. The van der Waals surface area contributed by atoms with Crippen LogP contribution in [0.3, 0.4) is 0 Å². The number of amides is 1. The molecule has 1 aliphatic heterocycles. The molecule has 3 aromatic carbocycles. The summed E-state index contributed by atoms with van der Waals surface area (Å²) >= 11 is 6.13. The first-order chi connectivity index (χ1) is 15.8. The van der Waals surface area contributed by atoms with Gasteiger partial charge in [-0.3, -0.25) is 9.59 Å². The number of ether oxygens (including phenoxy) is 1. The number of carboxylic acid groups (broad SMARTS) is 1. The van der Waals surface area contributed by atoms with Crippen LogP contribution in [0.5, 0.6) is 5.75 Å². The molecule has 5 nitrogen and oxygen atoms in total. The molecule has 1 atom stereocenters. The summed E-state index contributed by atoms with van der Waals surface area (Å²) in [5.74, 6) is -0.570. The largest absolute Gasteiger partial charge is 0.487 e. The molecule has 1 amide bonds. The summed E-state index contributed by atoms with van der Waals surface area (Å²) in [6.45, 7) is 2.03. The third kappa shape index (κ3) is 5.74. The van der Waals surface area contributed by atoms with E-state index in [0.29, 0.717) is 36.4 Å². The van der Waals surface area contributed by atoms with Crippen LogP contribution in [0.1, 0.15) is 34.0 Å². The van der Waals surface area contributed by atoms with E-state index in [2.05, 4.69) is 0 Å². The van der Waals surface area contributed by atoms with Gasteiger partial charge in [0.25, 0.3) is 5.91 Å². The summed E-state index contributed by atoms with van der Waals surface area (Å²) in [6.07, 6.45) is 1.93. The maximum Gasteiger partial charge on any atom is 0.323 e. The number of carbonyl (C=O) groups is 2. The first kappa shape index (κ1) is 22.9. The Morgan fingerprint density at radius 1 is 1.03 bits per heavy atom. The van der Waals surface area contributed by atoms with Gasteiger partial charge in [0.2, 0.25) is 0 Å². The molecule has 1 heterocycles. The van der Waals surface area contributed by atoms with Crippen LogP contribution in [0.15, 0.2) is 72.8 Å². The molecule has 0 bridgehead atoms. The second-order valence-corrected chi connectivity index (χ2v) is 9.15. The first-order valence-electron chi connectivity index (χ1n) is 10.9. The lowest BCUT2D eigenvalue weighted by Crippen LogP contribution is -2.37. The van der Waals surface area contributed by atoms with Crippen LogP contribution in [0.2, 0.25) is 5.02 Å². The van der Waals surface area contributed by atoms with E-state index in [9.17, 15) is 14.7 Å². The van der Waals surface area contributed by atoms with Crippen molar-refractivity contribution in [1.29, 1.82) is 0 Å². The number of hydrogen-bond donors (Lipinski definition) is 1. The van der Waals surface area contributed by atoms with Crippen LogP contribution in [0, 0.1) is 0 Å². The van der Waals surface area contributed by atoms with Gasteiger partial charge >= 0.3 is 5.97 Å². The predicted molar refractivity (Wildman–Crippen MR) is 128 cm³/mol. The highest BCUT2D eigenvalue weighted by Gasteiger charge is 2.35. The summed E-state index contributed by atoms with van der Waals surface area (Å²) in [5, 5.41) is 10.0. The highest BCUT2D eigenvalue weighted by Crippen LogP contribution is 2.38. The second-order valence-electron chi connectivity index (χ2n) is 8.71. The van der Waals surface area contributed by atoms with Gasteiger partial charge in [0.1, 0.15) is 17.9 Å². The van der Waals surface area contributed by atoms with Crippen molar-refractivity contribution in [2.24, 2.45) is 0 Å². The fraction of sp³-hybridized carbons (Fsp3) is 0.259. The first-order valence-corrected chi connectivity index (χ1v) is 11.3. The fourth-order valence-electron chi connectivity index (χ4n) is 4.34. The average Bonchev–Trinajstić information content (AvgIpc) is 3.11. The monoisotopic (exact) mass is 463 g/mol. The molecule has 4 rings (SSSR count). The third-order valence-electron chi connectivity index (χ3n) is 5.82.